The third-order valence-electron chi connectivity index (χ3n) is 1.92. The molecule has 0 aromatic heterocycles. The van der Waals surface area contributed by atoms with Gasteiger partial charge in [-0.15, -0.1) is 0 Å². The Morgan fingerprint density at radius 1 is 1.64 bits per heavy atom. The maximum absolute atomic E-state index is 11.2. The molecule has 14 heavy (non-hydrogen) atoms. The number of hydrogen-bond acceptors (Lipinski definition) is 4. The van der Waals surface area contributed by atoms with Gasteiger partial charge in [0.25, 0.3) is 0 Å². The maximum atomic E-state index is 11.2. The molecule has 0 bridgehead atoms. The number of carbonyl (C=O) groups excluding carboxylic acids is 2. The normalized spacial score (nSPS) is 22.6. The van der Waals surface area contributed by atoms with Gasteiger partial charge in [0.15, 0.2) is 6.10 Å². The molecular weight excluding hydrogens is 190 g/mol. The van der Waals surface area contributed by atoms with Crippen LogP contribution in [-0.2, 0) is 19.1 Å². The van der Waals surface area contributed by atoms with Crippen molar-refractivity contribution in [2.24, 2.45) is 0 Å². The second kappa shape index (κ2) is 4.08. The Morgan fingerprint density at radius 2 is 2.29 bits per heavy atom. The van der Waals surface area contributed by atoms with Crippen molar-refractivity contribution in [3.8, 4) is 0 Å². The summed E-state index contributed by atoms with van der Waals surface area (Å²) < 4.78 is 4.59. The van der Waals surface area contributed by atoms with E-state index in [1.165, 1.54) is 6.92 Å². The Morgan fingerprint density at radius 3 is 2.71 bits per heavy atom. The molecule has 1 amide bonds. The monoisotopic (exact) mass is 201 g/mol. The predicted molar refractivity (Wildman–Crippen MR) is 44.4 cm³/mol. The van der Waals surface area contributed by atoms with E-state index < -0.39 is 24.1 Å². The van der Waals surface area contributed by atoms with Gasteiger partial charge < -0.3 is 15.2 Å². The first-order valence-electron chi connectivity index (χ1n) is 4.23. The fourth-order valence-corrected chi connectivity index (χ4v) is 1.10. The molecular formula is C8H11NO5. The largest absolute Gasteiger partial charge is 0.479 e. The Hall–Kier alpha value is -1.59. The summed E-state index contributed by atoms with van der Waals surface area (Å²) in [7, 11) is 0. The predicted octanol–water partition coefficient (Wildman–Crippen LogP) is -0.719. The third kappa shape index (κ3) is 2.45. The molecule has 6 nitrogen and oxygen atoms in total. The van der Waals surface area contributed by atoms with E-state index in [2.05, 4.69) is 10.1 Å². The minimum Gasteiger partial charge on any atom is -0.479 e. The number of aliphatic carboxylic acids is 1. The lowest BCUT2D eigenvalue weighted by molar-refractivity contribution is -0.164. The van der Waals surface area contributed by atoms with Crippen molar-refractivity contribution in [1.29, 1.82) is 0 Å². The quantitative estimate of drug-likeness (QED) is 0.588. The van der Waals surface area contributed by atoms with Crippen LogP contribution in [-0.4, -0.2) is 35.1 Å². The van der Waals surface area contributed by atoms with Gasteiger partial charge in [0.2, 0.25) is 5.91 Å². The molecule has 1 aliphatic heterocycles. The van der Waals surface area contributed by atoms with Crippen molar-refractivity contribution >= 4 is 17.8 Å². The van der Waals surface area contributed by atoms with Crippen LogP contribution in [0.3, 0.4) is 0 Å². The van der Waals surface area contributed by atoms with E-state index in [0.717, 1.165) is 0 Å². The SMILES string of the molecule is CC(OC(=O)[C@@H]1CCC(=O)N1)C(=O)O. The molecule has 1 saturated heterocycles. The molecule has 0 aromatic rings. The summed E-state index contributed by atoms with van der Waals surface area (Å²) >= 11 is 0. The fourth-order valence-electron chi connectivity index (χ4n) is 1.10. The van der Waals surface area contributed by atoms with E-state index >= 15 is 0 Å². The molecule has 0 aromatic carbocycles. The Kier molecular flexibility index (Phi) is 3.06. The maximum Gasteiger partial charge on any atom is 0.344 e. The second-order valence-corrected chi connectivity index (χ2v) is 3.08. The molecule has 78 valence electrons. The van der Waals surface area contributed by atoms with E-state index in [1.54, 1.807) is 0 Å². The molecule has 6 heteroatoms. The lowest BCUT2D eigenvalue weighted by Crippen LogP contribution is -2.37. The highest BCUT2D eigenvalue weighted by Gasteiger charge is 2.30. The van der Waals surface area contributed by atoms with Gasteiger partial charge in [-0.3, -0.25) is 4.79 Å². The number of carboxylic acid groups (broad SMARTS) is 1. The number of esters is 1. The van der Waals surface area contributed by atoms with Gasteiger partial charge in [0, 0.05) is 6.42 Å². The molecule has 1 heterocycles. The summed E-state index contributed by atoms with van der Waals surface area (Å²) in [5.74, 6) is -2.11. The zero-order valence-corrected chi connectivity index (χ0v) is 7.65. The summed E-state index contributed by atoms with van der Waals surface area (Å²) in [5, 5.41) is 10.9. The van der Waals surface area contributed by atoms with Gasteiger partial charge >= 0.3 is 11.9 Å². The van der Waals surface area contributed by atoms with Crippen LogP contribution in [0.15, 0.2) is 0 Å². The summed E-state index contributed by atoms with van der Waals surface area (Å²) in [6.45, 7) is 1.26. The highest BCUT2D eigenvalue weighted by molar-refractivity contribution is 5.89. The van der Waals surface area contributed by atoms with Gasteiger partial charge in [-0.05, 0) is 13.3 Å². The van der Waals surface area contributed by atoms with Gasteiger partial charge in [0.1, 0.15) is 6.04 Å². The van der Waals surface area contributed by atoms with Crippen molar-refractivity contribution < 1.29 is 24.2 Å². The van der Waals surface area contributed by atoms with Crippen molar-refractivity contribution in [3.05, 3.63) is 0 Å². The van der Waals surface area contributed by atoms with Gasteiger partial charge in [-0.1, -0.05) is 0 Å². The number of rotatable bonds is 3. The Balaban J connectivity index is 2.42. The molecule has 0 saturated carbocycles. The van der Waals surface area contributed by atoms with Crippen LogP contribution in [0.1, 0.15) is 19.8 Å². The first-order valence-corrected chi connectivity index (χ1v) is 4.23. The first-order chi connectivity index (χ1) is 6.50. The average molecular weight is 201 g/mol. The molecule has 0 radical (unpaired) electrons. The second-order valence-electron chi connectivity index (χ2n) is 3.08. The topological polar surface area (TPSA) is 92.7 Å². The zero-order valence-electron chi connectivity index (χ0n) is 7.65. The van der Waals surface area contributed by atoms with E-state index in [9.17, 15) is 14.4 Å². The van der Waals surface area contributed by atoms with Gasteiger partial charge in [-0.2, -0.15) is 0 Å². The van der Waals surface area contributed by atoms with Crippen molar-refractivity contribution in [3.63, 3.8) is 0 Å². The molecule has 0 spiro atoms. The number of ether oxygens (including phenoxy) is 1. The number of nitrogens with one attached hydrogen (secondary N) is 1. The molecule has 0 aliphatic carbocycles. The van der Waals surface area contributed by atoms with Gasteiger partial charge in [-0.25, -0.2) is 9.59 Å². The summed E-state index contributed by atoms with van der Waals surface area (Å²) in [6, 6.07) is -0.690. The number of carboxylic acids is 1. The smallest absolute Gasteiger partial charge is 0.344 e. The molecule has 1 rings (SSSR count). The third-order valence-corrected chi connectivity index (χ3v) is 1.92. The highest BCUT2D eigenvalue weighted by Crippen LogP contribution is 2.09. The van der Waals surface area contributed by atoms with Crippen LogP contribution < -0.4 is 5.32 Å². The Labute approximate surface area is 80.2 Å². The molecule has 2 N–H and O–H groups in total. The minimum atomic E-state index is -1.21. The standard InChI is InChI=1S/C8H11NO5/c1-4(7(11)12)14-8(13)5-2-3-6(10)9-5/h4-5H,2-3H2,1H3,(H,9,10)(H,11,12)/t4?,5-/m0/s1. The van der Waals surface area contributed by atoms with Crippen LogP contribution in [0.5, 0.6) is 0 Å². The average Bonchev–Trinajstić information content (AvgIpc) is 2.51. The number of hydrogen-bond donors (Lipinski definition) is 2. The zero-order chi connectivity index (χ0) is 10.7. The van der Waals surface area contributed by atoms with Crippen LogP contribution >= 0.6 is 0 Å². The minimum absolute atomic E-state index is 0.213. The van der Waals surface area contributed by atoms with Crippen LogP contribution in [0.25, 0.3) is 0 Å². The lowest BCUT2D eigenvalue weighted by Gasteiger charge is -2.12. The molecule has 2 atom stereocenters. The lowest BCUT2D eigenvalue weighted by atomic mass is 10.2. The van der Waals surface area contributed by atoms with Crippen molar-refractivity contribution in [1.82, 2.24) is 5.32 Å². The molecule has 1 unspecified atom stereocenters. The molecule has 1 aliphatic rings. The van der Waals surface area contributed by atoms with Crippen molar-refractivity contribution in [2.75, 3.05) is 0 Å². The van der Waals surface area contributed by atoms with Crippen molar-refractivity contribution in [2.45, 2.75) is 31.9 Å². The number of amides is 1. The summed E-state index contributed by atoms with van der Waals surface area (Å²) in [4.78, 5) is 32.3. The summed E-state index contributed by atoms with van der Waals surface area (Å²) in [5.41, 5.74) is 0. The summed E-state index contributed by atoms with van der Waals surface area (Å²) in [6.07, 6.45) is -0.536. The van der Waals surface area contributed by atoms with Crippen LogP contribution in [0.2, 0.25) is 0 Å². The van der Waals surface area contributed by atoms with Gasteiger partial charge in [0.05, 0.1) is 0 Å². The fraction of sp³-hybridized carbons (Fsp3) is 0.625. The first kappa shape index (κ1) is 10.5. The Bertz CT molecular complexity index is 275. The van der Waals surface area contributed by atoms with E-state index in [-0.39, 0.29) is 12.3 Å². The van der Waals surface area contributed by atoms with E-state index in [4.69, 9.17) is 5.11 Å². The van der Waals surface area contributed by atoms with E-state index in [0.29, 0.717) is 6.42 Å². The van der Waals surface area contributed by atoms with Crippen LogP contribution in [0.4, 0.5) is 0 Å². The molecule has 1 fully saturated rings. The highest BCUT2D eigenvalue weighted by atomic mass is 16.6. The van der Waals surface area contributed by atoms with E-state index in [1.807, 2.05) is 0 Å². The number of carbonyl (C=O) groups is 3. The van der Waals surface area contributed by atoms with Crippen LogP contribution in [0, 0.1) is 0 Å².